The Kier molecular flexibility index (Phi) is 5.29. The Morgan fingerprint density at radius 2 is 1.89 bits per heavy atom. The van der Waals surface area contributed by atoms with Gasteiger partial charge in [-0.25, -0.2) is 0 Å². The number of hydrogen-bond donors (Lipinski definition) is 1. The van der Waals surface area contributed by atoms with Gasteiger partial charge in [0.15, 0.2) is 11.5 Å². The first-order chi connectivity index (χ1) is 13.6. The molecule has 1 saturated carbocycles. The van der Waals surface area contributed by atoms with Crippen LogP contribution in [0.3, 0.4) is 0 Å². The Labute approximate surface area is 165 Å². The molecule has 1 amide bonds. The number of hydrogen-bond acceptors (Lipinski definition) is 5. The third kappa shape index (κ3) is 3.73. The Hall–Kier alpha value is -2.50. The number of amides is 1. The van der Waals surface area contributed by atoms with Crippen molar-refractivity contribution in [3.05, 3.63) is 40.8 Å². The summed E-state index contributed by atoms with van der Waals surface area (Å²) in [4.78, 5) is 12.5. The average Bonchev–Trinajstić information content (AvgIpc) is 3.32. The highest BCUT2D eigenvalue weighted by Crippen LogP contribution is 2.43. The van der Waals surface area contributed by atoms with Gasteiger partial charge >= 0.3 is 0 Å². The van der Waals surface area contributed by atoms with Crippen LogP contribution >= 0.6 is 0 Å². The van der Waals surface area contributed by atoms with Crippen molar-refractivity contribution in [1.82, 2.24) is 10.5 Å². The van der Waals surface area contributed by atoms with E-state index in [1.165, 1.54) is 18.4 Å². The number of aryl methyl sites for hydroxylation is 2. The standard InChI is InChI=1S/C22H28N2O4/c1-15-18(16(2)28-24-15)6-8-21(25)23-14-22(9-3-4-10-22)17-5-7-19-20(13-17)27-12-11-26-19/h5,7,13H,3-4,6,8-12,14H2,1-2H3,(H,23,25). The molecule has 0 saturated heterocycles. The van der Waals surface area contributed by atoms with Gasteiger partial charge in [0.25, 0.3) is 0 Å². The van der Waals surface area contributed by atoms with Gasteiger partial charge in [-0.2, -0.15) is 0 Å². The molecule has 0 spiro atoms. The summed E-state index contributed by atoms with van der Waals surface area (Å²) in [5, 5.41) is 7.14. The first-order valence-electron chi connectivity index (χ1n) is 10.2. The lowest BCUT2D eigenvalue weighted by Gasteiger charge is -2.31. The largest absolute Gasteiger partial charge is 0.486 e. The molecule has 28 heavy (non-hydrogen) atoms. The number of ether oxygens (including phenoxy) is 2. The number of nitrogens with one attached hydrogen (secondary N) is 1. The zero-order chi connectivity index (χ0) is 19.6. The van der Waals surface area contributed by atoms with Gasteiger partial charge < -0.3 is 19.3 Å². The van der Waals surface area contributed by atoms with E-state index in [2.05, 4.69) is 22.6 Å². The molecule has 0 unspecified atom stereocenters. The van der Waals surface area contributed by atoms with E-state index in [1.54, 1.807) is 0 Å². The molecular weight excluding hydrogens is 356 g/mol. The predicted molar refractivity (Wildman–Crippen MR) is 105 cm³/mol. The second-order valence-corrected chi connectivity index (χ2v) is 7.93. The minimum Gasteiger partial charge on any atom is -0.486 e. The fourth-order valence-corrected chi connectivity index (χ4v) is 4.45. The quantitative estimate of drug-likeness (QED) is 0.823. The zero-order valence-corrected chi connectivity index (χ0v) is 16.7. The molecule has 6 heteroatoms. The van der Waals surface area contributed by atoms with Crippen LogP contribution in [0.5, 0.6) is 11.5 Å². The second-order valence-electron chi connectivity index (χ2n) is 7.93. The minimum absolute atomic E-state index is 0.0193. The summed E-state index contributed by atoms with van der Waals surface area (Å²) < 4.78 is 16.6. The highest BCUT2D eigenvalue weighted by Gasteiger charge is 2.36. The molecule has 4 rings (SSSR count). The molecule has 2 aromatic rings. The molecule has 0 atom stereocenters. The molecule has 1 aromatic carbocycles. The molecule has 1 aromatic heterocycles. The van der Waals surface area contributed by atoms with E-state index in [-0.39, 0.29) is 11.3 Å². The van der Waals surface area contributed by atoms with Crippen molar-refractivity contribution in [2.75, 3.05) is 19.8 Å². The summed E-state index contributed by atoms with van der Waals surface area (Å²) in [7, 11) is 0. The van der Waals surface area contributed by atoms with E-state index in [0.717, 1.165) is 41.4 Å². The lowest BCUT2D eigenvalue weighted by molar-refractivity contribution is -0.121. The normalized spacial score (nSPS) is 17.5. The molecule has 1 aliphatic carbocycles. The maximum absolute atomic E-state index is 12.5. The highest BCUT2D eigenvalue weighted by molar-refractivity contribution is 5.76. The molecule has 0 bridgehead atoms. The lowest BCUT2D eigenvalue weighted by atomic mass is 9.78. The van der Waals surface area contributed by atoms with Gasteiger partial charge in [-0.3, -0.25) is 4.79 Å². The van der Waals surface area contributed by atoms with Crippen LogP contribution in [0.15, 0.2) is 22.7 Å². The summed E-state index contributed by atoms with van der Waals surface area (Å²) in [5.41, 5.74) is 3.13. The van der Waals surface area contributed by atoms with Crippen LogP contribution in [-0.2, 0) is 16.6 Å². The van der Waals surface area contributed by atoms with Gasteiger partial charge in [0.1, 0.15) is 19.0 Å². The Balaban J connectivity index is 1.41. The maximum atomic E-state index is 12.5. The van der Waals surface area contributed by atoms with Crippen LogP contribution < -0.4 is 14.8 Å². The van der Waals surface area contributed by atoms with Crippen LogP contribution in [0, 0.1) is 13.8 Å². The van der Waals surface area contributed by atoms with E-state index in [9.17, 15) is 4.79 Å². The number of carbonyl (C=O) groups excluding carboxylic acids is 1. The first kappa shape index (κ1) is 18.8. The molecule has 6 nitrogen and oxygen atoms in total. The van der Waals surface area contributed by atoms with Crippen molar-refractivity contribution >= 4 is 5.91 Å². The van der Waals surface area contributed by atoms with Crippen LogP contribution in [0.1, 0.15) is 54.7 Å². The number of rotatable bonds is 6. The second kappa shape index (κ2) is 7.86. The van der Waals surface area contributed by atoms with Crippen LogP contribution in [0.25, 0.3) is 0 Å². The first-order valence-corrected chi connectivity index (χ1v) is 10.2. The molecule has 1 fully saturated rings. The van der Waals surface area contributed by atoms with Gasteiger partial charge in [0.05, 0.1) is 5.69 Å². The number of benzene rings is 1. The van der Waals surface area contributed by atoms with Crippen molar-refractivity contribution < 1.29 is 18.8 Å². The average molecular weight is 384 g/mol. The van der Waals surface area contributed by atoms with Gasteiger partial charge in [-0.15, -0.1) is 0 Å². The number of fused-ring (bicyclic) bond motifs is 1. The zero-order valence-electron chi connectivity index (χ0n) is 16.7. The van der Waals surface area contributed by atoms with E-state index in [1.807, 2.05) is 19.9 Å². The van der Waals surface area contributed by atoms with Crippen molar-refractivity contribution in [2.24, 2.45) is 0 Å². The maximum Gasteiger partial charge on any atom is 0.220 e. The summed E-state index contributed by atoms with van der Waals surface area (Å²) in [5.74, 6) is 2.50. The summed E-state index contributed by atoms with van der Waals surface area (Å²) in [6, 6.07) is 6.24. The third-order valence-corrected chi connectivity index (χ3v) is 6.12. The third-order valence-electron chi connectivity index (χ3n) is 6.12. The minimum atomic E-state index is -0.0193. The molecule has 2 aliphatic rings. The van der Waals surface area contributed by atoms with E-state index in [0.29, 0.717) is 32.6 Å². The van der Waals surface area contributed by atoms with Gasteiger partial charge in [0.2, 0.25) is 5.91 Å². The number of carbonyl (C=O) groups is 1. The fraction of sp³-hybridized carbons (Fsp3) is 0.545. The SMILES string of the molecule is Cc1noc(C)c1CCC(=O)NCC1(c2ccc3c(c2)OCCO3)CCCC1. The Morgan fingerprint density at radius 3 is 2.61 bits per heavy atom. The molecular formula is C22H28N2O4. The molecule has 1 N–H and O–H groups in total. The topological polar surface area (TPSA) is 73.6 Å². The lowest BCUT2D eigenvalue weighted by Crippen LogP contribution is -2.39. The number of nitrogens with zero attached hydrogens (tertiary/aromatic N) is 1. The van der Waals surface area contributed by atoms with Crippen molar-refractivity contribution in [2.45, 2.75) is 57.8 Å². The smallest absolute Gasteiger partial charge is 0.220 e. The molecule has 1 aliphatic heterocycles. The monoisotopic (exact) mass is 384 g/mol. The highest BCUT2D eigenvalue weighted by atomic mass is 16.6. The fourth-order valence-electron chi connectivity index (χ4n) is 4.45. The van der Waals surface area contributed by atoms with Crippen molar-refractivity contribution in [3.8, 4) is 11.5 Å². The molecule has 0 radical (unpaired) electrons. The Bertz CT molecular complexity index is 833. The van der Waals surface area contributed by atoms with Gasteiger partial charge in [0, 0.05) is 23.9 Å². The van der Waals surface area contributed by atoms with Crippen LogP contribution in [0.4, 0.5) is 0 Å². The number of aromatic nitrogens is 1. The molecule has 150 valence electrons. The summed E-state index contributed by atoms with van der Waals surface area (Å²) in [6.45, 7) is 5.65. The van der Waals surface area contributed by atoms with Crippen molar-refractivity contribution in [3.63, 3.8) is 0 Å². The molecule has 2 heterocycles. The van der Waals surface area contributed by atoms with E-state index in [4.69, 9.17) is 14.0 Å². The van der Waals surface area contributed by atoms with Gasteiger partial charge in [-0.1, -0.05) is 24.1 Å². The summed E-state index contributed by atoms with van der Waals surface area (Å²) in [6.07, 6.45) is 5.63. The van der Waals surface area contributed by atoms with E-state index >= 15 is 0 Å². The predicted octanol–water partition coefficient (Wildman–Crippen LogP) is 3.62. The Morgan fingerprint density at radius 1 is 1.14 bits per heavy atom. The van der Waals surface area contributed by atoms with Crippen LogP contribution in [-0.4, -0.2) is 30.8 Å². The van der Waals surface area contributed by atoms with Gasteiger partial charge in [-0.05, 0) is 50.8 Å². The van der Waals surface area contributed by atoms with E-state index < -0.39 is 0 Å². The van der Waals surface area contributed by atoms with Crippen LogP contribution in [0.2, 0.25) is 0 Å². The van der Waals surface area contributed by atoms with Crippen molar-refractivity contribution in [1.29, 1.82) is 0 Å². The summed E-state index contributed by atoms with van der Waals surface area (Å²) >= 11 is 0.